The maximum Gasteiger partial charge on any atom is 0.201 e. The number of imidazole rings is 1. The van der Waals surface area contributed by atoms with E-state index >= 15 is 0 Å². The molecule has 1 aromatic carbocycles. The van der Waals surface area contributed by atoms with Crippen molar-refractivity contribution >= 4 is 32.9 Å². The van der Waals surface area contributed by atoms with Gasteiger partial charge in [-0.05, 0) is 54.3 Å². The molecule has 1 fully saturated rings. The smallest absolute Gasteiger partial charge is 0.201 e. The van der Waals surface area contributed by atoms with E-state index in [1.165, 1.54) is 18.9 Å². The molecule has 2 heterocycles. The third-order valence-corrected chi connectivity index (χ3v) is 4.59. The maximum atomic E-state index is 13.6. The number of rotatable bonds is 2. The monoisotopic (exact) mass is 340 g/mol. The number of hydrogen-bond donors (Lipinski definition) is 1. The largest absolute Gasteiger partial charge is 0.369 e. The number of anilines is 1. The minimum absolute atomic E-state index is 0.306. The summed E-state index contributed by atoms with van der Waals surface area (Å²) >= 11 is 3.23. The first-order chi connectivity index (χ1) is 9.54. The summed E-state index contributed by atoms with van der Waals surface area (Å²) in [7, 11) is 2.15. The van der Waals surface area contributed by atoms with Crippen LogP contribution in [0.3, 0.4) is 0 Å². The molecule has 3 rings (SSSR count). The van der Waals surface area contributed by atoms with Crippen LogP contribution < -0.4 is 5.73 Å². The number of likely N-dealkylation sites (tertiary alicyclic amines) is 1. The highest BCUT2D eigenvalue weighted by molar-refractivity contribution is 9.10. The first-order valence-corrected chi connectivity index (χ1v) is 7.63. The summed E-state index contributed by atoms with van der Waals surface area (Å²) in [6.07, 6.45) is 2.41. The minimum atomic E-state index is -0.306. The van der Waals surface area contributed by atoms with E-state index in [2.05, 4.69) is 32.9 Å². The molecule has 20 heavy (non-hydrogen) atoms. The van der Waals surface area contributed by atoms with Gasteiger partial charge in [0.1, 0.15) is 5.82 Å². The molecule has 1 aliphatic rings. The van der Waals surface area contributed by atoms with Crippen molar-refractivity contribution in [3.05, 3.63) is 22.4 Å². The topological polar surface area (TPSA) is 47.1 Å². The number of nitrogens with zero attached hydrogens (tertiary/aromatic N) is 3. The van der Waals surface area contributed by atoms with Gasteiger partial charge in [-0.15, -0.1) is 0 Å². The molecule has 0 amide bonds. The Morgan fingerprint density at radius 2 is 2.30 bits per heavy atom. The molecule has 0 aliphatic carbocycles. The van der Waals surface area contributed by atoms with E-state index in [1.807, 2.05) is 4.57 Å². The first-order valence-electron chi connectivity index (χ1n) is 6.84. The summed E-state index contributed by atoms with van der Waals surface area (Å²) in [5.41, 5.74) is 7.52. The Labute approximate surface area is 125 Å². The van der Waals surface area contributed by atoms with Crippen molar-refractivity contribution in [1.29, 1.82) is 0 Å². The molecule has 1 aliphatic heterocycles. The minimum Gasteiger partial charge on any atom is -0.369 e. The zero-order valence-corrected chi connectivity index (χ0v) is 13.0. The number of hydrogen-bond acceptors (Lipinski definition) is 3. The second-order valence-corrected chi connectivity index (χ2v) is 6.46. The van der Waals surface area contributed by atoms with Crippen LogP contribution in [0.25, 0.3) is 11.0 Å². The zero-order valence-electron chi connectivity index (χ0n) is 11.4. The predicted molar refractivity (Wildman–Crippen MR) is 82.0 cm³/mol. The molecule has 0 bridgehead atoms. The van der Waals surface area contributed by atoms with E-state index in [1.54, 1.807) is 6.07 Å². The molecule has 6 heteroatoms. The molecule has 4 nitrogen and oxygen atoms in total. The number of fused-ring (bicyclic) bond motifs is 1. The summed E-state index contributed by atoms with van der Waals surface area (Å²) in [5, 5.41) is 0. The van der Waals surface area contributed by atoms with Gasteiger partial charge in [0.2, 0.25) is 5.95 Å². The second-order valence-electron chi connectivity index (χ2n) is 5.61. The number of nitrogens with two attached hydrogens (primary N) is 1. The molecule has 0 radical (unpaired) electrons. The van der Waals surface area contributed by atoms with E-state index in [4.69, 9.17) is 5.73 Å². The van der Waals surface area contributed by atoms with Crippen LogP contribution in [-0.4, -0.2) is 34.6 Å². The quantitative estimate of drug-likeness (QED) is 0.914. The van der Waals surface area contributed by atoms with Crippen molar-refractivity contribution in [1.82, 2.24) is 14.5 Å². The summed E-state index contributed by atoms with van der Waals surface area (Å²) in [4.78, 5) is 6.61. The van der Waals surface area contributed by atoms with Crippen LogP contribution in [0.2, 0.25) is 0 Å². The molecule has 0 spiro atoms. The summed E-state index contributed by atoms with van der Waals surface area (Å²) in [6.45, 7) is 3.07. The van der Waals surface area contributed by atoms with Gasteiger partial charge in [-0.1, -0.05) is 0 Å². The normalized spacial score (nSPS) is 20.6. The van der Waals surface area contributed by atoms with E-state index in [9.17, 15) is 4.39 Å². The van der Waals surface area contributed by atoms with Crippen LogP contribution in [0.4, 0.5) is 10.3 Å². The van der Waals surface area contributed by atoms with Gasteiger partial charge in [0.05, 0.1) is 15.5 Å². The molecular weight excluding hydrogens is 323 g/mol. The molecular formula is C14H18BrFN4. The van der Waals surface area contributed by atoms with Gasteiger partial charge < -0.3 is 15.2 Å². The lowest BCUT2D eigenvalue weighted by Crippen LogP contribution is -2.34. The van der Waals surface area contributed by atoms with Crippen molar-refractivity contribution in [2.24, 2.45) is 5.92 Å². The Balaban J connectivity index is 1.94. The van der Waals surface area contributed by atoms with Gasteiger partial charge in [-0.3, -0.25) is 0 Å². The van der Waals surface area contributed by atoms with E-state index < -0.39 is 0 Å². The summed E-state index contributed by atoms with van der Waals surface area (Å²) < 4.78 is 16.0. The van der Waals surface area contributed by atoms with Crippen molar-refractivity contribution in [2.45, 2.75) is 19.4 Å². The highest BCUT2D eigenvalue weighted by atomic mass is 79.9. The number of nitrogen functional groups attached to an aromatic ring is 1. The van der Waals surface area contributed by atoms with Crippen LogP contribution in [0.1, 0.15) is 12.8 Å². The summed E-state index contributed by atoms with van der Waals surface area (Å²) in [6, 6.07) is 3.19. The van der Waals surface area contributed by atoms with E-state index in [-0.39, 0.29) is 5.82 Å². The van der Waals surface area contributed by atoms with Crippen molar-refractivity contribution in [3.8, 4) is 0 Å². The van der Waals surface area contributed by atoms with Crippen molar-refractivity contribution < 1.29 is 4.39 Å². The molecule has 2 N–H and O–H groups in total. The lowest BCUT2D eigenvalue weighted by molar-refractivity contribution is 0.196. The number of halogens is 2. The molecule has 1 atom stereocenters. The van der Waals surface area contributed by atoms with Gasteiger partial charge in [0.15, 0.2) is 0 Å². The van der Waals surface area contributed by atoms with Crippen LogP contribution in [0.5, 0.6) is 0 Å². The average Bonchev–Trinajstić information content (AvgIpc) is 2.67. The van der Waals surface area contributed by atoms with Gasteiger partial charge in [-0.25, -0.2) is 9.37 Å². The van der Waals surface area contributed by atoms with Crippen molar-refractivity contribution in [3.63, 3.8) is 0 Å². The molecule has 0 saturated carbocycles. The van der Waals surface area contributed by atoms with E-state index in [0.29, 0.717) is 21.9 Å². The third-order valence-electron chi connectivity index (χ3n) is 3.98. The van der Waals surface area contributed by atoms with Gasteiger partial charge in [0, 0.05) is 19.2 Å². The molecule has 108 valence electrons. The first kappa shape index (κ1) is 13.8. The SMILES string of the molecule is CN1CCCC(Cn2c(N)nc3cc(F)c(Br)cc32)C1. The lowest BCUT2D eigenvalue weighted by Gasteiger charge is -2.30. The van der Waals surface area contributed by atoms with Gasteiger partial charge in [0.25, 0.3) is 0 Å². The fourth-order valence-electron chi connectivity index (χ4n) is 3.01. The Bertz CT molecular complexity index is 640. The second kappa shape index (κ2) is 5.33. The fraction of sp³-hybridized carbons (Fsp3) is 0.500. The highest BCUT2D eigenvalue weighted by Crippen LogP contribution is 2.27. The lowest BCUT2D eigenvalue weighted by atomic mass is 9.98. The maximum absolute atomic E-state index is 13.6. The number of aromatic nitrogens is 2. The molecule has 2 aromatic rings. The Morgan fingerprint density at radius 1 is 1.50 bits per heavy atom. The predicted octanol–water partition coefficient (Wildman–Crippen LogP) is 2.86. The Hall–Kier alpha value is -1.14. The number of benzene rings is 1. The molecule has 1 aromatic heterocycles. The Kier molecular flexibility index (Phi) is 3.69. The number of piperidine rings is 1. The average molecular weight is 341 g/mol. The van der Waals surface area contributed by atoms with Crippen LogP contribution in [0.15, 0.2) is 16.6 Å². The van der Waals surface area contributed by atoms with Crippen LogP contribution in [0, 0.1) is 11.7 Å². The molecule has 1 unspecified atom stereocenters. The zero-order chi connectivity index (χ0) is 14.3. The van der Waals surface area contributed by atoms with Crippen LogP contribution in [-0.2, 0) is 6.54 Å². The molecule has 1 saturated heterocycles. The fourth-order valence-corrected chi connectivity index (χ4v) is 3.34. The summed E-state index contributed by atoms with van der Waals surface area (Å²) in [5.74, 6) is 0.725. The standard InChI is InChI=1S/C14H18BrFN4/c1-19-4-2-3-9(7-19)8-20-13-5-10(15)11(16)6-12(13)18-14(20)17/h5-6,9H,2-4,7-8H2,1H3,(H2,17,18). The third kappa shape index (κ3) is 2.54. The van der Waals surface area contributed by atoms with Crippen LogP contribution >= 0.6 is 15.9 Å². The van der Waals surface area contributed by atoms with Gasteiger partial charge in [-0.2, -0.15) is 0 Å². The Morgan fingerprint density at radius 3 is 3.05 bits per heavy atom. The van der Waals surface area contributed by atoms with Gasteiger partial charge >= 0.3 is 0 Å². The highest BCUT2D eigenvalue weighted by Gasteiger charge is 2.20. The van der Waals surface area contributed by atoms with Crippen molar-refractivity contribution in [2.75, 3.05) is 25.9 Å². The van der Waals surface area contributed by atoms with E-state index in [0.717, 1.165) is 25.2 Å².